The molecule has 3 rings (SSSR count). The quantitative estimate of drug-likeness (QED) is 0.757. The molecule has 2 aromatic heterocycles. The minimum absolute atomic E-state index is 0.0000765. The largest absolute Gasteiger partial charge is 0.433 e. The predicted octanol–water partition coefficient (Wildman–Crippen LogP) is 2.31. The first kappa shape index (κ1) is 19.9. The fourth-order valence-corrected chi connectivity index (χ4v) is 4.60. The molecule has 0 spiro atoms. The fourth-order valence-electron chi connectivity index (χ4n) is 2.80. The lowest BCUT2D eigenvalue weighted by molar-refractivity contribution is -0.141. The number of anilines is 1. The van der Waals surface area contributed by atoms with Gasteiger partial charge in [0.25, 0.3) is 10.0 Å². The van der Waals surface area contributed by atoms with E-state index in [1.165, 1.54) is 15.1 Å². The van der Waals surface area contributed by atoms with Gasteiger partial charge in [-0.2, -0.15) is 17.5 Å². The van der Waals surface area contributed by atoms with Crippen molar-refractivity contribution in [2.45, 2.75) is 18.1 Å². The molecule has 0 atom stereocenters. The van der Waals surface area contributed by atoms with Crippen LogP contribution in [0.1, 0.15) is 11.5 Å². The Hall–Kier alpha value is -1.85. The lowest BCUT2D eigenvalue weighted by Gasteiger charge is -2.35. The van der Waals surface area contributed by atoms with E-state index in [9.17, 15) is 21.6 Å². The van der Waals surface area contributed by atoms with Crippen molar-refractivity contribution in [2.24, 2.45) is 7.05 Å². The average Bonchev–Trinajstić information content (AvgIpc) is 2.94. The van der Waals surface area contributed by atoms with Crippen LogP contribution in [0.5, 0.6) is 0 Å². The summed E-state index contributed by atoms with van der Waals surface area (Å²) < 4.78 is 67.0. The maximum Gasteiger partial charge on any atom is 0.433 e. The Morgan fingerprint density at radius 2 is 1.78 bits per heavy atom. The minimum atomic E-state index is -4.58. The van der Waals surface area contributed by atoms with Gasteiger partial charge < -0.3 is 9.47 Å². The van der Waals surface area contributed by atoms with Crippen LogP contribution < -0.4 is 4.90 Å². The van der Waals surface area contributed by atoms with Gasteiger partial charge in [0.2, 0.25) is 0 Å². The van der Waals surface area contributed by atoms with Gasteiger partial charge in [0, 0.05) is 33.2 Å². The third-order valence-corrected chi connectivity index (χ3v) is 6.69. The molecule has 0 aromatic carbocycles. The van der Waals surface area contributed by atoms with Crippen molar-refractivity contribution in [1.82, 2.24) is 18.8 Å². The topological polar surface area (TPSA) is 71.3 Å². The van der Waals surface area contributed by atoms with Crippen LogP contribution in [0.2, 0.25) is 5.02 Å². The zero-order valence-corrected chi connectivity index (χ0v) is 16.1. The summed E-state index contributed by atoms with van der Waals surface area (Å²) in [6.45, 7) is 2.23. The van der Waals surface area contributed by atoms with Gasteiger partial charge in [-0.1, -0.05) is 11.6 Å². The van der Waals surface area contributed by atoms with Crippen molar-refractivity contribution in [3.8, 4) is 0 Å². The van der Waals surface area contributed by atoms with Gasteiger partial charge in [0.05, 0.1) is 11.2 Å². The van der Waals surface area contributed by atoms with E-state index in [1.54, 1.807) is 18.9 Å². The third kappa shape index (κ3) is 3.76. The second kappa shape index (κ2) is 6.95. The molecule has 1 aliphatic heterocycles. The monoisotopic (exact) mass is 423 g/mol. The molecule has 2 aromatic rings. The maximum atomic E-state index is 12.9. The van der Waals surface area contributed by atoms with Crippen molar-refractivity contribution < 1.29 is 21.6 Å². The van der Waals surface area contributed by atoms with Crippen LogP contribution in [0.15, 0.2) is 23.4 Å². The molecule has 1 aliphatic rings. The zero-order valence-electron chi connectivity index (χ0n) is 14.5. The summed E-state index contributed by atoms with van der Waals surface area (Å²) in [6.07, 6.45) is -3.29. The van der Waals surface area contributed by atoms with E-state index in [1.807, 2.05) is 0 Å². The lowest BCUT2D eigenvalue weighted by Crippen LogP contribution is -2.49. The van der Waals surface area contributed by atoms with E-state index in [4.69, 9.17) is 11.6 Å². The fraction of sp³-hybridized carbons (Fsp3) is 0.467. The summed E-state index contributed by atoms with van der Waals surface area (Å²) >= 11 is 6.01. The molecule has 12 heteroatoms. The normalized spacial score (nSPS) is 16.7. The van der Waals surface area contributed by atoms with Crippen LogP contribution in [0.4, 0.5) is 19.0 Å². The molecule has 0 amide bonds. The molecule has 3 heterocycles. The van der Waals surface area contributed by atoms with Crippen LogP contribution in [0, 0.1) is 6.92 Å². The highest BCUT2D eigenvalue weighted by Crippen LogP contribution is 2.33. The van der Waals surface area contributed by atoms with Gasteiger partial charge in [-0.15, -0.1) is 0 Å². The molecule has 27 heavy (non-hydrogen) atoms. The van der Waals surface area contributed by atoms with Crippen molar-refractivity contribution in [3.63, 3.8) is 0 Å². The lowest BCUT2D eigenvalue weighted by atomic mass is 10.3. The summed E-state index contributed by atoms with van der Waals surface area (Å²) in [5.41, 5.74) is -1.04. The summed E-state index contributed by atoms with van der Waals surface area (Å²) in [6, 6.07) is 1.96. The smallest absolute Gasteiger partial charge is 0.353 e. The number of aryl methyl sites for hydroxylation is 1. The first-order chi connectivity index (χ1) is 12.5. The number of hydrogen-bond donors (Lipinski definition) is 0. The van der Waals surface area contributed by atoms with Crippen molar-refractivity contribution in [2.75, 3.05) is 31.1 Å². The predicted molar refractivity (Wildman–Crippen MR) is 93.2 cm³/mol. The van der Waals surface area contributed by atoms with Gasteiger partial charge in [0.1, 0.15) is 17.3 Å². The number of rotatable bonds is 3. The molecule has 7 nitrogen and oxygen atoms in total. The zero-order chi connectivity index (χ0) is 20.0. The molecule has 0 unspecified atom stereocenters. The standard InChI is InChI=1S/C15H17ClF3N5O2S/c1-10-20-9-13(22(10)2)27(25,26)24-7-5-23(6-8-24)14-11(16)3-4-12(21-14)15(17,18)19/h3-4,9H,5-8H2,1-2H3. The Kier molecular flexibility index (Phi) is 5.12. The number of aromatic nitrogens is 3. The number of halogens is 4. The molecule has 1 saturated heterocycles. The van der Waals surface area contributed by atoms with E-state index < -0.39 is 21.9 Å². The van der Waals surface area contributed by atoms with Crippen LogP contribution in [-0.2, 0) is 23.2 Å². The van der Waals surface area contributed by atoms with Crippen LogP contribution in [-0.4, -0.2) is 53.4 Å². The number of imidazole rings is 1. The molecule has 0 N–H and O–H groups in total. The number of alkyl halides is 3. The van der Waals surface area contributed by atoms with E-state index in [0.29, 0.717) is 5.82 Å². The van der Waals surface area contributed by atoms with Gasteiger partial charge >= 0.3 is 6.18 Å². The first-order valence-electron chi connectivity index (χ1n) is 7.99. The maximum absolute atomic E-state index is 12.9. The summed E-state index contributed by atoms with van der Waals surface area (Å²) in [5.74, 6) is 0.562. The molecular weight excluding hydrogens is 407 g/mol. The van der Waals surface area contributed by atoms with Crippen molar-refractivity contribution in [3.05, 3.63) is 34.9 Å². The van der Waals surface area contributed by atoms with Gasteiger partial charge in [-0.05, 0) is 19.1 Å². The van der Waals surface area contributed by atoms with E-state index in [-0.39, 0.29) is 42.0 Å². The second-order valence-corrected chi connectivity index (χ2v) is 8.39. The van der Waals surface area contributed by atoms with Crippen molar-refractivity contribution in [1.29, 1.82) is 0 Å². The number of nitrogens with zero attached hydrogens (tertiary/aromatic N) is 5. The Labute approximate surface area is 159 Å². The Morgan fingerprint density at radius 3 is 2.30 bits per heavy atom. The van der Waals surface area contributed by atoms with Gasteiger partial charge in [-0.3, -0.25) is 0 Å². The highest BCUT2D eigenvalue weighted by molar-refractivity contribution is 7.89. The van der Waals surface area contributed by atoms with Crippen LogP contribution >= 0.6 is 11.6 Å². The van der Waals surface area contributed by atoms with Crippen molar-refractivity contribution >= 4 is 27.4 Å². The minimum Gasteiger partial charge on any atom is -0.353 e. The summed E-state index contributed by atoms with van der Waals surface area (Å²) in [7, 11) is -2.14. The first-order valence-corrected chi connectivity index (χ1v) is 9.81. The van der Waals surface area contributed by atoms with Crippen LogP contribution in [0.3, 0.4) is 0 Å². The highest BCUT2D eigenvalue weighted by atomic mass is 35.5. The summed E-state index contributed by atoms with van der Waals surface area (Å²) in [5, 5.41) is 0.158. The molecule has 0 radical (unpaired) electrons. The Bertz CT molecular complexity index is 953. The Balaban J connectivity index is 1.79. The summed E-state index contributed by atoms with van der Waals surface area (Å²) in [4.78, 5) is 9.17. The average molecular weight is 424 g/mol. The van der Waals surface area contributed by atoms with Gasteiger partial charge in [-0.25, -0.2) is 18.4 Å². The molecule has 148 valence electrons. The highest BCUT2D eigenvalue weighted by Gasteiger charge is 2.35. The van der Waals surface area contributed by atoms with Crippen LogP contribution in [0.25, 0.3) is 0 Å². The molecule has 1 fully saturated rings. The molecule has 0 aliphatic carbocycles. The van der Waals surface area contributed by atoms with E-state index >= 15 is 0 Å². The molecular formula is C15H17ClF3N5O2S. The second-order valence-electron chi connectivity index (χ2n) is 6.09. The van der Waals surface area contributed by atoms with E-state index in [0.717, 1.165) is 12.1 Å². The molecule has 0 saturated carbocycles. The number of hydrogen-bond acceptors (Lipinski definition) is 5. The number of sulfonamides is 1. The van der Waals surface area contributed by atoms with Gasteiger partial charge in [0.15, 0.2) is 5.03 Å². The number of pyridine rings is 1. The third-order valence-electron chi connectivity index (χ3n) is 4.44. The number of piperazine rings is 1. The van der Waals surface area contributed by atoms with E-state index in [2.05, 4.69) is 9.97 Å². The Morgan fingerprint density at radius 1 is 1.15 bits per heavy atom. The SMILES string of the molecule is Cc1ncc(S(=O)(=O)N2CCN(c3nc(C(F)(F)F)ccc3Cl)CC2)n1C. The molecule has 0 bridgehead atoms.